The van der Waals surface area contributed by atoms with Crippen LogP contribution >= 0.6 is 11.3 Å². The Bertz CT molecular complexity index is 139. The van der Waals surface area contributed by atoms with Crippen molar-refractivity contribution < 1.29 is 0 Å². The summed E-state index contributed by atoms with van der Waals surface area (Å²) < 4.78 is 0. The number of hydrogen-bond donors (Lipinski definition) is 0. The Balaban J connectivity index is 0.000000112. The van der Waals surface area contributed by atoms with Crippen molar-refractivity contribution in [2.45, 2.75) is 12.8 Å². The van der Waals surface area contributed by atoms with Gasteiger partial charge in [0.1, 0.15) is 0 Å². The van der Waals surface area contributed by atoms with Gasteiger partial charge >= 0.3 is 0 Å². The summed E-state index contributed by atoms with van der Waals surface area (Å²) in [6.45, 7) is 2.64. The van der Waals surface area contributed by atoms with Crippen molar-refractivity contribution in [1.82, 2.24) is 9.88 Å². The fourth-order valence-electron chi connectivity index (χ4n) is 1.05. The van der Waals surface area contributed by atoms with Crippen LogP contribution in [0.1, 0.15) is 12.8 Å². The molecule has 1 aromatic rings. The molecule has 1 aliphatic rings. The van der Waals surface area contributed by atoms with Gasteiger partial charge in [0.2, 0.25) is 0 Å². The van der Waals surface area contributed by atoms with E-state index < -0.39 is 0 Å². The molecule has 0 aliphatic carbocycles. The number of nitrogens with zero attached hydrogens (tertiary/aromatic N) is 2. The van der Waals surface area contributed by atoms with E-state index in [-0.39, 0.29) is 0 Å². The van der Waals surface area contributed by atoms with E-state index in [9.17, 15) is 0 Å². The minimum atomic E-state index is 1.32. The number of rotatable bonds is 0. The van der Waals surface area contributed by atoms with E-state index in [4.69, 9.17) is 0 Å². The third-order valence-electron chi connectivity index (χ3n) is 1.68. The van der Waals surface area contributed by atoms with Gasteiger partial charge in [-0.15, -0.1) is 11.3 Å². The third kappa shape index (κ3) is 4.11. The number of aromatic nitrogens is 1. The SMILES string of the molecule is CN1CCCC1.c1cscn1. The molecular weight excluding hydrogens is 156 g/mol. The predicted molar refractivity (Wildman–Crippen MR) is 48.8 cm³/mol. The fraction of sp³-hybridized carbons (Fsp3) is 0.625. The molecule has 0 unspecified atom stereocenters. The molecule has 1 saturated heterocycles. The average Bonchev–Trinajstić information content (AvgIpc) is 2.57. The van der Waals surface area contributed by atoms with Crippen LogP contribution in [0.5, 0.6) is 0 Å². The van der Waals surface area contributed by atoms with Crippen molar-refractivity contribution in [2.75, 3.05) is 20.1 Å². The van der Waals surface area contributed by atoms with Crippen LogP contribution in [0.4, 0.5) is 0 Å². The van der Waals surface area contributed by atoms with Crippen molar-refractivity contribution in [3.05, 3.63) is 17.1 Å². The summed E-state index contributed by atoms with van der Waals surface area (Å²) in [5.74, 6) is 0. The van der Waals surface area contributed by atoms with Crippen LogP contribution in [0.2, 0.25) is 0 Å². The summed E-state index contributed by atoms with van der Waals surface area (Å²) in [7, 11) is 2.17. The number of hydrogen-bond acceptors (Lipinski definition) is 3. The average molecular weight is 170 g/mol. The van der Waals surface area contributed by atoms with E-state index in [1.54, 1.807) is 23.0 Å². The van der Waals surface area contributed by atoms with Gasteiger partial charge in [0.05, 0.1) is 5.51 Å². The summed E-state index contributed by atoms with van der Waals surface area (Å²) in [4.78, 5) is 6.10. The molecule has 0 N–H and O–H groups in total. The smallest absolute Gasteiger partial charge is 0.0791 e. The van der Waals surface area contributed by atoms with Crippen molar-refractivity contribution in [2.24, 2.45) is 0 Å². The molecule has 0 amide bonds. The molecular formula is C8H14N2S. The lowest BCUT2D eigenvalue weighted by Crippen LogP contribution is -2.10. The zero-order valence-corrected chi connectivity index (χ0v) is 7.68. The molecule has 0 atom stereocenters. The molecule has 1 fully saturated rings. The van der Waals surface area contributed by atoms with Gasteiger partial charge in [0, 0.05) is 11.6 Å². The zero-order valence-electron chi connectivity index (χ0n) is 6.86. The Morgan fingerprint density at radius 2 is 2.09 bits per heavy atom. The van der Waals surface area contributed by atoms with Gasteiger partial charge in [-0.1, -0.05) is 0 Å². The Hall–Kier alpha value is -0.410. The van der Waals surface area contributed by atoms with Gasteiger partial charge in [-0.25, -0.2) is 0 Å². The first kappa shape index (κ1) is 8.68. The maximum absolute atomic E-state index is 3.74. The summed E-state index contributed by atoms with van der Waals surface area (Å²) in [6, 6.07) is 0. The molecule has 0 radical (unpaired) electrons. The van der Waals surface area contributed by atoms with Crippen molar-refractivity contribution in [1.29, 1.82) is 0 Å². The molecule has 2 nitrogen and oxygen atoms in total. The second kappa shape index (κ2) is 5.27. The molecule has 2 rings (SSSR count). The van der Waals surface area contributed by atoms with E-state index in [0.717, 1.165) is 0 Å². The van der Waals surface area contributed by atoms with Crippen LogP contribution in [0.25, 0.3) is 0 Å². The largest absolute Gasteiger partial charge is 0.306 e. The molecule has 0 saturated carbocycles. The Kier molecular flexibility index (Phi) is 4.16. The van der Waals surface area contributed by atoms with Crippen LogP contribution in [0, 0.1) is 0 Å². The monoisotopic (exact) mass is 170 g/mol. The molecule has 62 valence electrons. The second-order valence-corrected chi connectivity index (χ2v) is 3.44. The molecule has 0 spiro atoms. The lowest BCUT2D eigenvalue weighted by atomic mass is 10.4. The fourth-order valence-corrected chi connectivity index (χ4v) is 1.40. The van der Waals surface area contributed by atoms with Crippen molar-refractivity contribution in [3.63, 3.8) is 0 Å². The highest BCUT2D eigenvalue weighted by Crippen LogP contribution is 2.02. The molecule has 0 aromatic carbocycles. The van der Waals surface area contributed by atoms with Gasteiger partial charge in [-0.3, -0.25) is 4.98 Å². The summed E-state index contributed by atoms with van der Waals surface area (Å²) in [5.41, 5.74) is 1.79. The minimum Gasteiger partial charge on any atom is -0.306 e. The predicted octanol–water partition coefficient (Wildman–Crippen LogP) is 1.86. The van der Waals surface area contributed by atoms with Crippen molar-refractivity contribution >= 4 is 11.3 Å². The Labute approximate surface area is 71.9 Å². The molecule has 2 heterocycles. The second-order valence-electron chi connectivity index (χ2n) is 2.69. The summed E-state index contributed by atoms with van der Waals surface area (Å²) in [5, 5.41) is 1.93. The first-order valence-electron chi connectivity index (χ1n) is 3.90. The summed E-state index contributed by atoms with van der Waals surface area (Å²) in [6.07, 6.45) is 4.59. The van der Waals surface area contributed by atoms with Crippen LogP contribution in [0.3, 0.4) is 0 Å². The van der Waals surface area contributed by atoms with Crippen LogP contribution in [-0.2, 0) is 0 Å². The van der Waals surface area contributed by atoms with Gasteiger partial charge in [0.15, 0.2) is 0 Å². The first-order chi connectivity index (χ1) is 5.39. The van der Waals surface area contributed by atoms with Gasteiger partial charge in [0.25, 0.3) is 0 Å². The van der Waals surface area contributed by atoms with E-state index in [1.165, 1.54) is 25.9 Å². The maximum Gasteiger partial charge on any atom is 0.0791 e. The number of thiazole rings is 1. The maximum atomic E-state index is 3.74. The Morgan fingerprint density at radius 1 is 1.36 bits per heavy atom. The standard InChI is InChI=1S/C5H11N.C3H3NS/c1-6-4-2-3-5-6;1-2-5-3-4-1/h2-5H2,1H3;1-3H. The highest BCUT2D eigenvalue weighted by atomic mass is 32.1. The molecule has 11 heavy (non-hydrogen) atoms. The first-order valence-corrected chi connectivity index (χ1v) is 4.84. The van der Waals surface area contributed by atoms with E-state index in [0.29, 0.717) is 0 Å². The van der Waals surface area contributed by atoms with Gasteiger partial charge < -0.3 is 4.90 Å². The highest BCUT2D eigenvalue weighted by molar-refractivity contribution is 7.07. The number of likely N-dealkylation sites (tertiary alicyclic amines) is 1. The quantitative estimate of drug-likeness (QED) is 0.591. The lowest BCUT2D eigenvalue weighted by molar-refractivity contribution is 0.418. The van der Waals surface area contributed by atoms with Crippen molar-refractivity contribution in [3.8, 4) is 0 Å². The third-order valence-corrected chi connectivity index (χ3v) is 2.20. The molecule has 1 aromatic heterocycles. The molecule has 1 aliphatic heterocycles. The lowest BCUT2D eigenvalue weighted by Gasteiger charge is -2.01. The minimum absolute atomic E-state index is 1.32. The normalized spacial score (nSPS) is 17.5. The van der Waals surface area contributed by atoms with E-state index in [1.807, 2.05) is 5.38 Å². The van der Waals surface area contributed by atoms with Crippen LogP contribution < -0.4 is 0 Å². The molecule has 0 bridgehead atoms. The van der Waals surface area contributed by atoms with Gasteiger partial charge in [-0.2, -0.15) is 0 Å². The van der Waals surface area contributed by atoms with Crippen LogP contribution in [0.15, 0.2) is 17.1 Å². The van der Waals surface area contributed by atoms with E-state index in [2.05, 4.69) is 16.9 Å². The topological polar surface area (TPSA) is 16.1 Å². The molecule has 3 heteroatoms. The summed E-state index contributed by atoms with van der Waals surface area (Å²) >= 11 is 1.60. The van der Waals surface area contributed by atoms with Gasteiger partial charge in [-0.05, 0) is 33.0 Å². The Morgan fingerprint density at radius 3 is 2.27 bits per heavy atom. The zero-order chi connectivity index (χ0) is 7.94. The van der Waals surface area contributed by atoms with E-state index >= 15 is 0 Å². The van der Waals surface area contributed by atoms with Crippen LogP contribution in [-0.4, -0.2) is 30.0 Å². The highest BCUT2D eigenvalue weighted by Gasteiger charge is 2.03.